The van der Waals surface area contributed by atoms with Crippen molar-refractivity contribution in [2.75, 3.05) is 7.11 Å². The molecule has 0 aromatic rings. The average Bonchev–Trinajstić information content (AvgIpc) is 2.04. The van der Waals surface area contributed by atoms with E-state index in [1.807, 2.05) is 0 Å². The number of allylic oxidation sites excluding steroid dienone is 2. The Morgan fingerprint density at radius 1 is 1.64 bits per heavy atom. The molecule has 1 unspecified atom stereocenters. The minimum Gasteiger partial charge on any atom is -0.465 e. The maximum atomic E-state index is 10.5. The number of hydrogen-bond donors (Lipinski definition) is 1. The van der Waals surface area contributed by atoms with Crippen LogP contribution in [0.15, 0.2) is 24.4 Å². The first kappa shape index (κ1) is 7.81. The van der Waals surface area contributed by atoms with Crippen molar-refractivity contribution in [2.45, 2.75) is 6.23 Å². The average molecular weight is 155 g/mol. The van der Waals surface area contributed by atoms with Crippen LogP contribution in [0.2, 0.25) is 0 Å². The zero-order valence-electron chi connectivity index (χ0n) is 6.10. The van der Waals surface area contributed by atoms with E-state index in [-0.39, 0.29) is 0 Å². The minimum absolute atomic E-state index is 0.488. The summed E-state index contributed by atoms with van der Waals surface area (Å²) in [7, 11) is 1.46. The largest absolute Gasteiger partial charge is 0.465 e. The van der Waals surface area contributed by atoms with Crippen molar-refractivity contribution in [3.63, 3.8) is 0 Å². The van der Waals surface area contributed by atoms with E-state index >= 15 is 0 Å². The molecule has 1 aliphatic heterocycles. The monoisotopic (exact) mass is 155 g/mol. The third-order valence-electron chi connectivity index (χ3n) is 1.37. The molecule has 0 saturated carbocycles. The van der Waals surface area contributed by atoms with Crippen LogP contribution in [0.4, 0.5) is 4.79 Å². The van der Waals surface area contributed by atoms with Gasteiger partial charge in [0.2, 0.25) is 0 Å². The molecule has 60 valence electrons. The van der Waals surface area contributed by atoms with E-state index in [1.165, 1.54) is 13.3 Å². The van der Waals surface area contributed by atoms with E-state index in [9.17, 15) is 4.79 Å². The molecule has 4 heteroatoms. The second-order valence-corrected chi connectivity index (χ2v) is 2.04. The number of carboxylic acid groups (broad SMARTS) is 1. The van der Waals surface area contributed by atoms with Gasteiger partial charge in [-0.15, -0.1) is 0 Å². The Labute approximate surface area is 64.4 Å². The Kier molecular flexibility index (Phi) is 2.28. The highest BCUT2D eigenvalue weighted by Gasteiger charge is 2.18. The topological polar surface area (TPSA) is 49.8 Å². The molecule has 1 heterocycles. The molecule has 0 radical (unpaired) electrons. The Balaban J connectivity index is 2.70. The fourth-order valence-electron chi connectivity index (χ4n) is 0.844. The maximum Gasteiger partial charge on any atom is 0.413 e. The van der Waals surface area contributed by atoms with E-state index in [0.717, 1.165) is 4.90 Å². The normalized spacial score (nSPS) is 22.3. The van der Waals surface area contributed by atoms with Crippen molar-refractivity contribution >= 4 is 6.09 Å². The van der Waals surface area contributed by atoms with E-state index in [1.54, 1.807) is 18.2 Å². The maximum absolute atomic E-state index is 10.5. The molecular weight excluding hydrogens is 146 g/mol. The van der Waals surface area contributed by atoms with Crippen molar-refractivity contribution < 1.29 is 14.6 Å². The standard InChI is InChI=1S/C7H9NO3/c1-11-6-4-2-3-5-8(6)7(9)10/h2-6H,1H3,(H,9,10). The minimum atomic E-state index is -1.02. The van der Waals surface area contributed by atoms with Gasteiger partial charge in [0.15, 0.2) is 6.23 Å². The van der Waals surface area contributed by atoms with Gasteiger partial charge in [-0.25, -0.2) is 4.79 Å². The van der Waals surface area contributed by atoms with E-state index in [0.29, 0.717) is 0 Å². The van der Waals surface area contributed by atoms with Gasteiger partial charge in [-0.05, 0) is 12.2 Å². The SMILES string of the molecule is COC1C=CC=CN1C(=O)O. The van der Waals surface area contributed by atoms with Crippen molar-refractivity contribution in [2.24, 2.45) is 0 Å². The quantitative estimate of drug-likeness (QED) is 0.615. The fourth-order valence-corrected chi connectivity index (χ4v) is 0.844. The molecule has 0 aromatic carbocycles. The van der Waals surface area contributed by atoms with Gasteiger partial charge in [-0.1, -0.05) is 6.08 Å². The third kappa shape index (κ3) is 1.59. The molecule has 0 aliphatic carbocycles. The lowest BCUT2D eigenvalue weighted by atomic mass is 10.3. The van der Waals surface area contributed by atoms with E-state index in [2.05, 4.69) is 0 Å². The summed E-state index contributed by atoms with van der Waals surface area (Å²) in [4.78, 5) is 11.6. The number of carbonyl (C=O) groups is 1. The van der Waals surface area contributed by atoms with Crippen LogP contribution in [0.25, 0.3) is 0 Å². The van der Waals surface area contributed by atoms with Gasteiger partial charge in [0.05, 0.1) is 0 Å². The van der Waals surface area contributed by atoms with Gasteiger partial charge >= 0.3 is 6.09 Å². The molecule has 1 aliphatic rings. The summed E-state index contributed by atoms with van der Waals surface area (Å²) in [5.41, 5.74) is 0. The van der Waals surface area contributed by atoms with Crippen LogP contribution in [-0.4, -0.2) is 29.4 Å². The van der Waals surface area contributed by atoms with Gasteiger partial charge < -0.3 is 9.84 Å². The Bertz CT molecular complexity index is 210. The van der Waals surface area contributed by atoms with Crippen molar-refractivity contribution in [1.82, 2.24) is 4.90 Å². The van der Waals surface area contributed by atoms with E-state index in [4.69, 9.17) is 9.84 Å². The van der Waals surface area contributed by atoms with Gasteiger partial charge in [0.25, 0.3) is 0 Å². The zero-order valence-corrected chi connectivity index (χ0v) is 6.10. The Hall–Kier alpha value is -1.29. The lowest BCUT2D eigenvalue weighted by molar-refractivity contribution is 0.0333. The Morgan fingerprint density at radius 2 is 2.36 bits per heavy atom. The summed E-state index contributed by atoms with van der Waals surface area (Å²) in [5.74, 6) is 0. The van der Waals surface area contributed by atoms with Crippen LogP contribution < -0.4 is 0 Å². The number of amides is 1. The van der Waals surface area contributed by atoms with Crippen LogP contribution in [0.3, 0.4) is 0 Å². The summed E-state index contributed by atoms with van der Waals surface area (Å²) < 4.78 is 4.87. The van der Waals surface area contributed by atoms with Crippen molar-refractivity contribution in [1.29, 1.82) is 0 Å². The molecule has 1 rings (SSSR count). The van der Waals surface area contributed by atoms with Gasteiger partial charge in [0, 0.05) is 13.3 Å². The summed E-state index contributed by atoms with van der Waals surface area (Å²) in [6.07, 6.45) is 5.00. The van der Waals surface area contributed by atoms with E-state index < -0.39 is 12.3 Å². The number of hydrogen-bond acceptors (Lipinski definition) is 2. The number of methoxy groups -OCH3 is 1. The Morgan fingerprint density at radius 3 is 2.82 bits per heavy atom. The highest BCUT2D eigenvalue weighted by Crippen LogP contribution is 2.08. The lowest BCUT2D eigenvalue weighted by Gasteiger charge is -2.23. The molecule has 0 saturated heterocycles. The van der Waals surface area contributed by atoms with Crippen LogP contribution in [-0.2, 0) is 4.74 Å². The molecule has 1 N–H and O–H groups in total. The third-order valence-corrected chi connectivity index (χ3v) is 1.37. The smallest absolute Gasteiger partial charge is 0.413 e. The molecule has 11 heavy (non-hydrogen) atoms. The molecule has 0 bridgehead atoms. The van der Waals surface area contributed by atoms with Gasteiger partial charge in [0.1, 0.15) is 0 Å². The first-order valence-corrected chi connectivity index (χ1v) is 3.15. The van der Waals surface area contributed by atoms with Gasteiger partial charge in [-0.3, -0.25) is 4.90 Å². The summed E-state index contributed by atoms with van der Waals surface area (Å²) in [6.45, 7) is 0. The van der Waals surface area contributed by atoms with Crippen molar-refractivity contribution in [3.05, 3.63) is 24.4 Å². The van der Waals surface area contributed by atoms with Crippen molar-refractivity contribution in [3.8, 4) is 0 Å². The molecule has 1 atom stereocenters. The predicted octanol–water partition coefficient (Wildman–Crippen LogP) is 1.02. The number of ether oxygens (including phenoxy) is 1. The first-order chi connectivity index (χ1) is 5.25. The molecule has 4 nitrogen and oxygen atoms in total. The van der Waals surface area contributed by atoms with Gasteiger partial charge in [-0.2, -0.15) is 0 Å². The molecule has 0 spiro atoms. The second-order valence-electron chi connectivity index (χ2n) is 2.04. The summed E-state index contributed by atoms with van der Waals surface area (Å²) >= 11 is 0. The summed E-state index contributed by atoms with van der Waals surface area (Å²) in [6, 6.07) is 0. The highest BCUT2D eigenvalue weighted by atomic mass is 16.5. The summed E-state index contributed by atoms with van der Waals surface area (Å²) in [5, 5.41) is 8.60. The molecule has 1 amide bonds. The van der Waals surface area contributed by atoms with Crippen LogP contribution in [0.5, 0.6) is 0 Å². The zero-order chi connectivity index (χ0) is 8.27. The number of rotatable bonds is 1. The lowest BCUT2D eigenvalue weighted by Crippen LogP contribution is -2.36. The molecule has 0 fully saturated rings. The first-order valence-electron chi connectivity index (χ1n) is 3.15. The molecular formula is C7H9NO3. The van der Waals surface area contributed by atoms with Crippen LogP contribution in [0.1, 0.15) is 0 Å². The second kappa shape index (κ2) is 3.21. The number of nitrogens with zero attached hydrogens (tertiary/aromatic N) is 1. The van der Waals surface area contributed by atoms with Crippen LogP contribution >= 0.6 is 0 Å². The fraction of sp³-hybridized carbons (Fsp3) is 0.286. The van der Waals surface area contributed by atoms with Crippen LogP contribution in [0, 0.1) is 0 Å². The highest BCUT2D eigenvalue weighted by molar-refractivity contribution is 5.67. The molecule has 0 aromatic heterocycles. The predicted molar refractivity (Wildman–Crippen MR) is 38.9 cm³/mol.